The summed E-state index contributed by atoms with van der Waals surface area (Å²) in [4.78, 5) is 0.954. The van der Waals surface area contributed by atoms with Gasteiger partial charge in [-0.3, -0.25) is 0 Å². The van der Waals surface area contributed by atoms with Crippen LogP contribution in [-0.4, -0.2) is 7.05 Å². The van der Waals surface area contributed by atoms with Crippen LogP contribution in [0.1, 0.15) is 22.0 Å². The minimum atomic E-state index is -4.37. The Morgan fingerprint density at radius 3 is 2.35 bits per heavy atom. The Labute approximate surface area is 135 Å². The summed E-state index contributed by atoms with van der Waals surface area (Å²) in [7, 11) is 1.73. The Morgan fingerprint density at radius 1 is 1.15 bits per heavy atom. The molecule has 0 amide bonds. The van der Waals surface area contributed by atoms with Gasteiger partial charge >= 0.3 is 6.18 Å². The van der Waals surface area contributed by atoms with E-state index in [1.807, 2.05) is 12.1 Å². The van der Waals surface area contributed by atoms with Crippen molar-refractivity contribution in [2.75, 3.05) is 7.05 Å². The molecule has 2 rings (SSSR count). The van der Waals surface area contributed by atoms with Crippen molar-refractivity contribution >= 4 is 43.2 Å². The van der Waals surface area contributed by atoms with Gasteiger partial charge in [-0.25, -0.2) is 0 Å². The summed E-state index contributed by atoms with van der Waals surface area (Å²) in [6, 6.07) is 7.82. The average Bonchev–Trinajstić information content (AvgIpc) is 2.77. The van der Waals surface area contributed by atoms with E-state index in [9.17, 15) is 13.2 Å². The number of nitrogens with one attached hydrogen (secondary N) is 1. The fourth-order valence-corrected chi connectivity index (χ4v) is 3.93. The Balaban J connectivity index is 2.46. The Hall–Kier alpha value is -0.370. The van der Waals surface area contributed by atoms with E-state index in [0.717, 1.165) is 8.66 Å². The molecule has 0 aliphatic carbocycles. The lowest BCUT2D eigenvalue weighted by Gasteiger charge is -2.18. The lowest BCUT2D eigenvalue weighted by Crippen LogP contribution is -2.17. The summed E-state index contributed by atoms with van der Waals surface area (Å²) in [5.74, 6) is 0. The first kappa shape index (κ1) is 16.0. The minimum absolute atomic E-state index is 0.0518. The summed E-state index contributed by atoms with van der Waals surface area (Å²) < 4.78 is 39.8. The third kappa shape index (κ3) is 3.44. The second-order valence-electron chi connectivity index (χ2n) is 4.10. The number of alkyl halides is 3. The molecular weight excluding hydrogens is 419 g/mol. The molecule has 0 saturated heterocycles. The van der Waals surface area contributed by atoms with Crippen molar-refractivity contribution in [3.05, 3.63) is 54.6 Å². The first-order chi connectivity index (χ1) is 9.32. The van der Waals surface area contributed by atoms with Gasteiger partial charge in [-0.1, -0.05) is 22.0 Å². The zero-order chi connectivity index (χ0) is 14.9. The number of thiophene rings is 1. The topological polar surface area (TPSA) is 12.0 Å². The van der Waals surface area contributed by atoms with Gasteiger partial charge in [-0.05, 0) is 52.8 Å². The molecule has 0 radical (unpaired) electrons. The standard InChI is InChI=1S/C13H10Br2F3NS/c1-19-12(10-4-5-11(15)20-10)7-2-3-9(14)8(6-7)13(16,17)18/h2-6,12,19H,1H3. The van der Waals surface area contributed by atoms with E-state index in [1.54, 1.807) is 13.1 Å². The second-order valence-corrected chi connectivity index (χ2v) is 7.45. The normalized spacial score (nSPS) is 13.5. The molecule has 1 aromatic heterocycles. The molecule has 1 aromatic carbocycles. The Morgan fingerprint density at radius 2 is 1.85 bits per heavy atom. The molecule has 0 aliphatic rings. The second kappa shape index (κ2) is 6.17. The van der Waals surface area contributed by atoms with E-state index in [4.69, 9.17) is 0 Å². The zero-order valence-corrected chi connectivity index (χ0v) is 14.3. The van der Waals surface area contributed by atoms with Crippen molar-refractivity contribution in [3.8, 4) is 0 Å². The summed E-state index contributed by atoms with van der Waals surface area (Å²) in [6.45, 7) is 0. The molecule has 0 aliphatic heterocycles. The molecule has 0 spiro atoms. The van der Waals surface area contributed by atoms with Crippen LogP contribution < -0.4 is 5.32 Å². The van der Waals surface area contributed by atoms with Crippen molar-refractivity contribution in [2.45, 2.75) is 12.2 Å². The molecule has 1 N–H and O–H groups in total. The number of hydrogen-bond acceptors (Lipinski definition) is 2. The smallest absolute Gasteiger partial charge is 0.309 e. The van der Waals surface area contributed by atoms with Crippen molar-refractivity contribution in [1.82, 2.24) is 5.32 Å². The SMILES string of the molecule is CNC(c1ccc(Br)c(C(F)(F)F)c1)c1ccc(Br)s1. The molecule has 1 nitrogen and oxygen atoms in total. The van der Waals surface area contributed by atoms with Gasteiger partial charge in [0.15, 0.2) is 0 Å². The monoisotopic (exact) mass is 427 g/mol. The summed E-state index contributed by atoms with van der Waals surface area (Å²) in [5, 5.41) is 3.05. The van der Waals surface area contributed by atoms with E-state index < -0.39 is 11.7 Å². The molecule has 0 bridgehead atoms. The van der Waals surface area contributed by atoms with E-state index in [0.29, 0.717) is 5.56 Å². The van der Waals surface area contributed by atoms with Crippen molar-refractivity contribution < 1.29 is 13.2 Å². The molecule has 7 heteroatoms. The molecule has 2 aromatic rings. The molecular formula is C13H10Br2F3NS. The van der Waals surface area contributed by atoms with Gasteiger partial charge in [-0.15, -0.1) is 11.3 Å². The van der Waals surface area contributed by atoms with Gasteiger partial charge in [-0.2, -0.15) is 13.2 Å². The summed E-state index contributed by atoms with van der Waals surface area (Å²) >= 11 is 7.81. The fraction of sp³-hybridized carbons (Fsp3) is 0.231. The van der Waals surface area contributed by atoms with Crippen molar-refractivity contribution in [1.29, 1.82) is 0 Å². The van der Waals surface area contributed by atoms with E-state index in [1.165, 1.54) is 23.5 Å². The summed E-state index contributed by atoms with van der Waals surface area (Å²) in [5.41, 5.74) is -0.0803. The maximum absolute atomic E-state index is 12.9. The van der Waals surface area contributed by atoms with Crippen LogP contribution in [0.4, 0.5) is 13.2 Å². The van der Waals surface area contributed by atoms with Crippen LogP contribution in [0, 0.1) is 0 Å². The highest BCUT2D eigenvalue weighted by atomic mass is 79.9. The van der Waals surface area contributed by atoms with Gasteiger partial charge in [0.25, 0.3) is 0 Å². The van der Waals surface area contributed by atoms with Crippen LogP contribution in [-0.2, 0) is 6.18 Å². The molecule has 20 heavy (non-hydrogen) atoms. The van der Waals surface area contributed by atoms with Crippen LogP contribution in [0.25, 0.3) is 0 Å². The highest BCUT2D eigenvalue weighted by molar-refractivity contribution is 9.11. The highest BCUT2D eigenvalue weighted by Gasteiger charge is 2.33. The van der Waals surface area contributed by atoms with Crippen molar-refractivity contribution in [3.63, 3.8) is 0 Å². The Bertz CT molecular complexity index is 610. The molecule has 0 saturated carbocycles. The van der Waals surface area contributed by atoms with E-state index >= 15 is 0 Å². The number of hydrogen-bond donors (Lipinski definition) is 1. The van der Waals surface area contributed by atoms with Gasteiger partial charge in [0, 0.05) is 9.35 Å². The van der Waals surface area contributed by atoms with Crippen LogP contribution in [0.3, 0.4) is 0 Å². The predicted molar refractivity (Wildman–Crippen MR) is 82.1 cm³/mol. The lowest BCUT2D eigenvalue weighted by atomic mass is 10.0. The third-order valence-electron chi connectivity index (χ3n) is 2.80. The predicted octanol–water partition coefficient (Wildman–Crippen LogP) is 5.60. The number of halogens is 5. The number of benzene rings is 1. The molecule has 1 heterocycles. The van der Waals surface area contributed by atoms with Gasteiger partial charge < -0.3 is 5.32 Å². The van der Waals surface area contributed by atoms with Crippen LogP contribution in [0.15, 0.2) is 38.6 Å². The largest absolute Gasteiger partial charge is 0.417 e. The van der Waals surface area contributed by atoms with Gasteiger partial charge in [0.2, 0.25) is 0 Å². The average molecular weight is 429 g/mol. The molecule has 1 atom stereocenters. The van der Waals surface area contributed by atoms with E-state index in [2.05, 4.69) is 37.2 Å². The zero-order valence-electron chi connectivity index (χ0n) is 10.3. The highest BCUT2D eigenvalue weighted by Crippen LogP contribution is 2.38. The maximum Gasteiger partial charge on any atom is 0.417 e. The fourth-order valence-electron chi connectivity index (χ4n) is 1.90. The minimum Gasteiger partial charge on any atom is -0.309 e. The number of rotatable bonds is 3. The quantitative estimate of drug-likeness (QED) is 0.670. The third-order valence-corrected chi connectivity index (χ3v) is 5.18. The molecule has 0 fully saturated rings. The summed E-state index contributed by atoms with van der Waals surface area (Å²) in [6.07, 6.45) is -4.37. The first-order valence-electron chi connectivity index (χ1n) is 5.62. The van der Waals surface area contributed by atoms with Crippen LogP contribution in [0.2, 0.25) is 0 Å². The van der Waals surface area contributed by atoms with Gasteiger partial charge in [0.05, 0.1) is 15.4 Å². The maximum atomic E-state index is 12.9. The van der Waals surface area contributed by atoms with Gasteiger partial charge in [0.1, 0.15) is 0 Å². The van der Waals surface area contributed by atoms with Crippen LogP contribution in [0.5, 0.6) is 0 Å². The molecule has 108 valence electrons. The van der Waals surface area contributed by atoms with Crippen molar-refractivity contribution in [2.24, 2.45) is 0 Å². The lowest BCUT2D eigenvalue weighted by molar-refractivity contribution is -0.138. The molecule has 1 unspecified atom stereocenters. The first-order valence-corrected chi connectivity index (χ1v) is 8.02. The Kier molecular flexibility index (Phi) is 4.94. The van der Waals surface area contributed by atoms with Crippen LogP contribution >= 0.6 is 43.2 Å². The van der Waals surface area contributed by atoms with E-state index in [-0.39, 0.29) is 10.5 Å².